The average molecular weight is 370 g/mol. The van der Waals surface area contributed by atoms with Crippen molar-refractivity contribution in [3.8, 4) is 0 Å². The lowest BCUT2D eigenvalue weighted by Crippen LogP contribution is -2.42. The van der Waals surface area contributed by atoms with Crippen molar-refractivity contribution < 1.29 is 22.5 Å². The van der Waals surface area contributed by atoms with Crippen LogP contribution in [0.1, 0.15) is 42.6 Å². The number of hydrogen-bond donors (Lipinski definition) is 0. The first-order valence-electron chi connectivity index (χ1n) is 8.13. The summed E-state index contributed by atoms with van der Waals surface area (Å²) in [5.41, 5.74) is -2.53. The third-order valence-electron chi connectivity index (χ3n) is 4.30. The Hall–Kier alpha value is -2.65. The van der Waals surface area contributed by atoms with Gasteiger partial charge in [0.2, 0.25) is 11.8 Å². The number of piperidine rings is 1. The van der Waals surface area contributed by atoms with Gasteiger partial charge in [-0.05, 0) is 31.4 Å². The van der Waals surface area contributed by atoms with Crippen LogP contribution in [0.4, 0.5) is 13.2 Å². The number of carbonyl (C=O) groups is 1. The highest BCUT2D eigenvalue weighted by Crippen LogP contribution is 2.29. The Balaban J connectivity index is 1.84. The van der Waals surface area contributed by atoms with Crippen molar-refractivity contribution in [2.45, 2.75) is 44.9 Å². The number of nitrogens with zero attached hydrogens (tertiary/aromatic N) is 4. The second kappa shape index (κ2) is 6.93. The molecule has 1 fully saturated rings. The van der Waals surface area contributed by atoms with E-state index < -0.39 is 35.8 Å². The van der Waals surface area contributed by atoms with Crippen molar-refractivity contribution in [3.63, 3.8) is 0 Å². The van der Waals surface area contributed by atoms with Crippen molar-refractivity contribution in [3.05, 3.63) is 46.0 Å². The van der Waals surface area contributed by atoms with Crippen LogP contribution < -0.4 is 5.56 Å². The normalized spacial score (nSPS) is 18.2. The topological polar surface area (TPSA) is 81.2 Å². The fourth-order valence-corrected chi connectivity index (χ4v) is 3.06. The van der Waals surface area contributed by atoms with Crippen LogP contribution in [0.2, 0.25) is 0 Å². The zero-order valence-electron chi connectivity index (χ0n) is 14.0. The maximum atomic E-state index is 12.9. The minimum absolute atomic E-state index is 0.368. The number of hydrogen-bond acceptors (Lipinski definition) is 5. The van der Waals surface area contributed by atoms with E-state index >= 15 is 0 Å². The Morgan fingerprint density at radius 2 is 2.15 bits per heavy atom. The van der Waals surface area contributed by atoms with Crippen molar-refractivity contribution >= 4 is 5.91 Å². The summed E-state index contributed by atoms with van der Waals surface area (Å²) in [5.74, 6) is 0.276. The molecule has 0 N–H and O–H groups in total. The molecule has 1 amide bonds. The standard InChI is InChI=1S/C16H17F3N4O3/c1-10-20-14(21-26-10)12-6-2-3-8-23(12)13(24)9-22-7-4-5-11(15(22)25)16(17,18)19/h4-5,7,12H,2-3,6,8-9H2,1H3. The van der Waals surface area contributed by atoms with E-state index in [1.807, 2.05) is 0 Å². The van der Waals surface area contributed by atoms with Crippen molar-refractivity contribution in [1.82, 2.24) is 19.6 Å². The molecule has 26 heavy (non-hydrogen) atoms. The first kappa shape index (κ1) is 18.2. The number of rotatable bonds is 3. The molecule has 0 bridgehead atoms. The molecule has 7 nitrogen and oxygen atoms in total. The third kappa shape index (κ3) is 3.63. The van der Waals surface area contributed by atoms with E-state index in [-0.39, 0.29) is 0 Å². The number of halogens is 3. The van der Waals surface area contributed by atoms with E-state index in [1.165, 1.54) is 11.1 Å². The number of aryl methyl sites for hydroxylation is 1. The predicted molar refractivity (Wildman–Crippen MR) is 83.0 cm³/mol. The SMILES string of the molecule is Cc1nc(C2CCCCN2C(=O)Cn2cccc(C(F)(F)F)c2=O)no1. The number of amides is 1. The smallest absolute Gasteiger partial charge is 0.340 e. The molecule has 1 unspecified atom stereocenters. The van der Waals surface area contributed by atoms with Gasteiger partial charge >= 0.3 is 6.18 Å². The molecule has 1 aliphatic heterocycles. The minimum atomic E-state index is -4.76. The molecular formula is C16H17F3N4O3. The fraction of sp³-hybridized carbons (Fsp3) is 0.500. The highest BCUT2D eigenvalue weighted by molar-refractivity contribution is 5.76. The Kier molecular flexibility index (Phi) is 4.84. The van der Waals surface area contributed by atoms with Gasteiger partial charge in [0.1, 0.15) is 12.1 Å². The number of likely N-dealkylation sites (tertiary alicyclic amines) is 1. The van der Waals surface area contributed by atoms with Gasteiger partial charge < -0.3 is 14.0 Å². The van der Waals surface area contributed by atoms with Gasteiger partial charge in [0.05, 0.1) is 6.04 Å². The molecule has 0 saturated carbocycles. The van der Waals surface area contributed by atoms with Crippen LogP contribution in [0.3, 0.4) is 0 Å². The van der Waals surface area contributed by atoms with Crippen molar-refractivity contribution in [2.24, 2.45) is 0 Å². The molecule has 2 aromatic heterocycles. The predicted octanol–water partition coefficient (Wildman–Crippen LogP) is 2.31. The summed E-state index contributed by atoms with van der Waals surface area (Å²) in [4.78, 5) is 30.3. The summed E-state index contributed by atoms with van der Waals surface area (Å²) in [6.07, 6.45) is -1.34. The molecule has 3 heterocycles. The first-order valence-corrected chi connectivity index (χ1v) is 8.13. The van der Waals surface area contributed by atoms with Crippen molar-refractivity contribution in [1.29, 1.82) is 0 Å². The van der Waals surface area contributed by atoms with Crippen LogP contribution in [-0.4, -0.2) is 32.1 Å². The Morgan fingerprint density at radius 3 is 2.81 bits per heavy atom. The van der Waals surface area contributed by atoms with E-state index in [0.29, 0.717) is 30.7 Å². The van der Waals surface area contributed by atoms with E-state index in [0.717, 1.165) is 23.5 Å². The summed E-state index contributed by atoms with van der Waals surface area (Å²) in [6.45, 7) is 1.58. The van der Waals surface area contributed by atoms with E-state index in [4.69, 9.17) is 4.52 Å². The monoisotopic (exact) mass is 370 g/mol. The van der Waals surface area contributed by atoms with Crippen molar-refractivity contribution in [2.75, 3.05) is 6.54 Å². The molecule has 0 spiro atoms. The van der Waals surface area contributed by atoms with Crippen LogP contribution in [0.25, 0.3) is 0 Å². The molecule has 1 saturated heterocycles. The van der Waals surface area contributed by atoms with Gasteiger partial charge in [-0.3, -0.25) is 9.59 Å². The fourth-order valence-electron chi connectivity index (χ4n) is 3.06. The van der Waals surface area contributed by atoms with Crippen LogP contribution in [0.5, 0.6) is 0 Å². The molecule has 140 valence electrons. The number of carbonyl (C=O) groups excluding carboxylic acids is 1. The second-order valence-electron chi connectivity index (χ2n) is 6.12. The van der Waals surface area contributed by atoms with Gasteiger partial charge in [-0.1, -0.05) is 5.16 Å². The zero-order valence-corrected chi connectivity index (χ0v) is 14.0. The molecule has 0 radical (unpaired) electrons. The minimum Gasteiger partial charge on any atom is -0.340 e. The third-order valence-corrected chi connectivity index (χ3v) is 4.30. The van der Waals surface area contributed by atoms with Gasteiger partial charge in [0.25, 0.3) is 5.56 Å². The second-order valence-corrected chi connectivity index (χ2v) is 6.12. The van der Waals surface area contributed by atoms with E-state index in [1.54, 1.807) is 6.92 Å². The molecule has 0 aliphatic carbocycles. The lowest BCUT2D eigenvalue weighted by atomic mass is 10.0. The molecule has 0 aromatic carbocycles. The highest BCUT2D eigenvalue weighted by Gasteiger charge is 2.35. The zero-order chi connectivity index (χ0) is 18.9. The van der Waals surface area contributed by atoms with Crippen LogP contribution in [0, 0.1) is 6.92 Å². The Morgan fingerprint density at radius 1 is 1.38 bits per heavy atom. The molecule has 2 aromatic rings. The lowest BCUT2D eigenvalue weighted by Gasteiger charge is -2.34. The lowest BCUT2D eigenvalue weighted by molar-refractivity contribution is -0.140. The van der Waals surface area contributed by atoms with Gasteiger partial charge in [-0.15, -0.1) is 0 Å². The Bertz CT molecular complexity index is 859. The van der Waals surface area contributed by atoms with E-state index in [9.17, 15) is 22.8 Å². The van der Waals surface area contributed by atoms with Crippen LogP contribution in [0.15, 0.2) is 27.6 Å². The van der Waals surface area contributed by atoms with Gasteiger partial charge in [0.15, 0.2) is 5.82 Å². The summed E-state index contributed by atoms with van der Waals surface area (Å²) in [7, 11) is 0. The van der Waals surface area contributed by atoms with Crippen LogP contribution >= 0.6 is 0 Å². The van der Waals surface area contributed by atoms with E-state index in [2.05, 4.69) is 10.1 Å². The molecular weight excluding hydrogens is 353 g/mol. The maximum Gasteiger partial charge on any atom is 0.421 e. The summed E-state index contributed by atoms with van der Waals surface area (Å²) in [5, 5.41) is 3.85. The van der Waals surface area contributed by atoms with Gasteiger partial charge in [-0.25, -0.2) is 0 Å². The van der Waals surface area contributed by atoms with Crippen LogP contribution in [-0.2, 0) is 17.5 Å². The summed E-state index contributed by atoms with van der Waals surface area (Å²) in [6, 6.07) is 1.40. The maximum absolute atomic E-state index is 12.9. The molecule has 3 rings (SSSR count). The first-order chi connectivity index (χ1) is 12.3. The van der Waals surface area contributed by atoms with Gasteiger partial charge in [-0.2, -0.15) is 18.2 Å². The molecule has 1 aliphatic rings. The average Bonchev–Trinajstić information content (AvgIpc) is 3.02. The number of pyridine rings is 1. The quantitative estimate of drug-likeness (QED) is 0.828. The molecule has 1 atom stereocenters. The highest BCUT2D eigenvalue weighted by atomic mass is 19.4. The Labute approximate surface area is 146 Å². The van der Waals surface area contributed by atoms with Gasteiger partial charge in [0, 0.05) is 19.7 Å². The summed E-state index contributed by atoms with van der Waals surface area (Å²) >= 11 is 0. The molecule has 10 heteroatoms. The largest absolute Gasteiger partial charge is 0.421 e. The summed E-state index contributed by atoms with van der Waals surface area (Å²) < 4.78 is 44.3. The number of aromatic nitrogens is 3. The number of alkyl halides is 3.